The van der Waals surface area contributed by atoms with E-state index in [1.165, 1.54) is 12.1 Å². The molecule has 0 saturated carbocycles. The summed E-state index contributed by atoms with van der Waals surface area (Å²) in [6.45, 7) is 3.56. The molecule has 0 amide bonds. The molecule has 0 aliphatic carbocycles. The van der Waals surface area contributed by atoms with Crippen LogP contribution in [0.25, 0.3) is 0 Å². The molecule has 0 heterocycles. The van der Waals surface area contributed by atoms with Gasteiger partial charge in [0.1, 0.15) is 11.6 Å². The fraction of sp³-hybridized carbons (Fsp3) is 0.417. The Kier molecular flexibility index (Phi) is 4.40. The number of hydrogen-bond donors (Lipinski definition) is 0. The van der Waals surface area contributed by atoms with Crippen molar-refractivity contribution in [1.82, 2.24) is 0 Å². The third-order valence-electron chi connectivity index (χ3n) is 2.10. The molecule has 17 heavy (non-hydrogen) atoms. The molecule has 0 saturated heterocycles. The van der Waals surface area contributed by atoms with Crippen molar-refractivity contribution in [3.05, 3.63) is 35.6 Å². The van der Waals surface area contributed by atoms with Crippen LogP contribution >= 0.6 is 0 Å². The molecule has 0 spiro atoms. The number of benzene rings is 1. The summed E-state index contributed by atoms with van der Waals surface area (Å²) < 4.78 is 35.8. The van der Waals surface area contributed by atoms with Crippen molar-refractivity contribution in [2.24, 2.45) is 5.92 Å². The van der Waals surface area contributed by atoms with Crippen LogP contribution < -0.4 is 0 Å². The molecule has 1 rings (SSSR count). The summed E-state index contributed by atoms with van der Waals surface area (Å²) >= 11 is 0. The van der Waals surface area contributed by atoms with Crippen LogP contribution in [-0.2, 0) is 9.84 Å². The van der Waals surface area contributed by atoms with Gasteiger partial charge in [0.2, 0.25) is 0 Å². The second-order valence-corrected chi connectivity index (χ2v) is 6.49. The van der Waals surface area contributed by atoms with Gasteiger partial charge in [0, 0.05) is 5.56 Å². The minimum Gasteiger partial charge on any atom is -0.293 e. The van der Waals surface area contributed by atoms with Crippen LogP contribution in [0.2, 0.25) is 0 Å². The molecule has 3 nitrogen and oxygen atoms in total. The van der Waals surface area contributed by atoms with E-state index in [1.54, 1.807) is 13.8 Å². The van der Waals surface area contributed by atoms with Crippen LogP contribution in [0, 0.1) is 11.7 Å². The van der Waals surface area contributed by atoms with Gasteiger partial charge in [0.05, 0.1) is 5.75 Å². The van der Waals surface area contributed by atoms with Gasteiger partial charge in [-0.05, 0) is 30.2 Å². The van der Waals surface area contributed by atoms with Gasteiger partial charge in [0.25, 0.3) is 0 Å². The first kappa shape index (κ1) is 13.8. The van der Waals surface area contributed by atoms with Crippen LogP contribution in [0.4, 0.5) is 4.39 Å². The van der Waals surface area contributed by atoms with Gasteiger partial charge in [-0.1, -0.05) is 13.8 Å². The maximum atomic E-state index is 12.6. The molecule has 94 valence electrons. The first-order chi connectivity index (χ1) is 7.80. The third-order valence-corrected chi connectivity index (χ3v) is 3.98. The Morgan fingerprint density at radius 3 is 2.24 bits per heavy atom. The SMILES string of the molecule is CC(C)CS(=O)(=O)CC(=O)c1ccc(F)cc1. The fourth-order valence-corrected chi connectivity index (χ4v) is 3.19. The van der Waals surface area contributed by atoms with Gasteiger partial charge in [-0.2, -0.15) is 0 Å². The molecular formula is C12H15FO3S. The molecule has 0 fully saturated rings. The number of sulfone groups is 1. The molecule has 0 aromatic heterocycles. The molecule has 1 aromatic carbocycles. The lowest BCUT2D eigenvalue weighted by Gasteiger charge is -2.06. The second-order valence-electron chi connectivity index (χ2n) is 4.38. The summed E-state index contributed by atoms with van der Waals surface area (Å²) in [4.78, 5) is 11.7. The predicted molar refractivity (Wildman–Crippen MR) is 64.2 cm³/mol. The summed E-state index contributed by atoms with van der Waals surface area (Å²) in [6, 6.07) is 4.87. The van der Waals surface area contributed by atoms with Crippen LogP contribution in [0.3, 0.4) is 0 Å². The molecule has 0 bridgehead atoms. The highest BCUT2D eigenvalue weighted by molar-refractivity contribution is 7.92. The van der Waals surface area contributed by atoms with Crippen molar-refractivity contribution < 1.29 is 17.6 Å². The van der Waals surface area contributed by atoms with E-state index in [9.17, 15) is 17.6 Å². The molecule has 0 atom stereocenters. The zero-order chi connectivity index (χ0) is 13.1. The lowest BCUT2D eigenvalue weighted by molar-refractivity contribution is 0.102. The van der Waals surface area contributed by atoms with Crippen LogP contribution in [0.15, 0.2) is 24.3 Å². The van der Waals surface area contributed by atoms with Gasteiger partial charge in [-0.3, -0.25) is 4.79 Å². The summed E-state index contributed by atoms with van der Waals surface area (Å²) in [7, 11) is -3.38. The molecule has 5 heteroatoms. The van der Waals surface area contributed by atoms with E-state index in [-0.39, 0.29) is 17.2 Å². The summed E-state index contributed by atoms with van der Waals surface area (Å²) in [5.74, 6) is -1.49. The Morgan fingerprint density at radius 1 is 1.24 bits per heavy atom. The number of halogens is 1. The van der Waals surface area contributed by atoms with Gasteiger partial charge in [0.15, 0.2) is 15.6 Å². The van der Waals surface area contributed by atoms with Gasteiger partial charge >= 0.3 is 0 Å². The lowest BCUT2D eigenvalue weighted by atomic mass is 10.1. The average Bonchev–Trinajstić information content (AvgIpc) is 2.15. The number of carbonyl (C=O) groups is 1. The van der Waals surface area contributed by atoms with Crippen molar-refractivity contribution in [2.45, 2.75) is 13.8 Å². The van der Waals surface area contributed by atoms with Crippen molar-refractivity contribution >= 4 is 15.6 Å². The Bertz CT molecular complexity index is 489. The van der Waals surface area contributed by atoms with E-state index in [2.05, 4.69) is 0 Å². The number of rotatable bonds is 5. The standard InChI is InChI=1S/C12H15FO3S/c1-9(2)7-17(15,16)8-12(14)10-3-5-11(13)6-4-10/h3-6,9H,7-8H2,1-2H3. The quantitative estimate of drug-likeness (QED) is 0.760. The topological polar surface area (TPSA) is 51.2 Å². The van der Waals surface area contributed by atoms with Crippen molar-refractivity contribution in [3.8, 4) is 0 Å². The van der Waals surface area contributed by atoms with E-state index in [0.29, 0.717) is 0 Å². The number of ketones is 1. The normalized spacial score (nSPS) is 11.8. The van der Waals surface area contributed by atoms with Crippen molar-refractivity contribution in [2.75, 3.05) is 11.5 Å². The lowest BCUT2D eigenvalue weighted by Crippen LogP contribution is -2.21. The molecule has 0 aliphatic heterocycles. The highest BCUT2D eigenvalue weighted by Gasteiger charge is 2.19. The van der Waals surface area contributed by atoms with Crippen LogP contribution in [-0.4, -0.2) is 25.7 Å². The van der Waals surface area contributed by atoms with E-state index in [1.807, 2.05) is 0 Å². The van der Waals surface area contributed by atoms with Crippen molar-refractivity contribution in [3.63, 3.8) is 0 Å². The van der Waals surface area contributed by atoms with Gasteiger partial charge in [-0.15, -0.1) is 0 Å². The Labute approximate surface area is 101 Å². The monoisotopic (exact) mass is 258 g/mol. The molecular weight excluding hydrogens is 243 g/mol. The zero-order valence-electron chi connectivity index (χ0n) is 9.81. The first-order valence-electron chi connectivity index (χ1n) is 5.29. The van der Waals surface area contributed by atoms with E-state index in [0.717, 1.165) is 12.1 Å². The summed E-state index contributed by atoms with van der Waals surface area (Å²) in [5, 5.41) is 0. The van der Waals surface area contributed by atoms with Crippen molar-refractivity contribution in [1.29, 1.82) is 0 Å². The molecule has 0 unspecified atom stereocenters. The molecule has 0 radical (unpaired) electrons. The highest BCUT2D eigenvalue weighted by Crippen LogP contribution is 2.07. The first-order valence-corrected chi connectivity index (χ1v) is 7.11. The predicted octanol–water partition coefficient (Wildman–Crippen LogP) is 2.08. The van der Waals surface area contributed by atoms with Gasteiger partial charge in [-0.25, -0.2) is 12.8 Å². The second kappa shape index (κ2) is 5.40. The molecule has 0 N–H and O–H groups in total. The summed E-state index contributed by atoms with van der Waals surface area (Å²) in [5.41, 5.74) is 0.221. The van der Waals surface area contributed by atoms with E-state index in [4.69, 9.17) is 0 Å². The molecule has 1 aromatic rings. The minimum absolute atomic E-state index is 0.0129. The largest absolute Gasteiger partial charge is 0.293 e. The minimum atomic E-state index is -3.38. The fourth-order valence-electron chi connectivity index (χ4n) is 1.49. The number of Topliss-reactive ketones (excluding diaryl/α,β-unsaturated/α-hetero) is 1. The smallest absolute Gasteiger partial charge is 0.177 e. The zero-order valence-corrected chi connectivity index (χ0v) is 10.6. The third kappa shape index (κ3) is 4.65. The summed E-state index contributed by atoms with van der Waals surface area (Å²) in [6.07, 6.45) is 0. The Hall–Kier alpha value is -1.23. The Balaban J connectivity index is 2.76. The van der Waals surface area contributed by atoms with E-state index < -0.39 is 27.2 Å². The van der Waals surface area contributed by atoms with Crippen LogP contribution in [0.5, 0.6) is 0 Å². The van der Waals surface area contributed by atoms with E-state index >= 15 is 0 Å². The average molecular weight is 258 g/mol. The van der Waals surface area contributed by atoms with Gasteiger partial charge < -0.3 is 0 Å². The molecule has 0 aliphatic rings. The maximum absolute atomic E-state index is 12.6. The highest BCUT2D eigenvalue weighted by atomic mass is 32.2. The Morgan fingerprint density at radius 2 is 1.76 bits per heavy atom. The number of carbonyl (C=O) groups excluding carboxylic acids is 1. The van der Waals surface area contributed by atoms with Crippen LogP contribution in [0.1, 0.15) is 24.2 Å². The maximum Gasteiger partial charge on any atom is 0.177 e. The number of hydrogen-bond acceptors (Lipinski definition) is 3.